The minimum atomic E-state index is 0. The molecule has 1 aromatic rings. The molecule has 1 aliphatic heterocycles. The number of rotatable bonds is 2. The smallest absolute Gasteiger partial charge is 0.191 e. The summed E-state index contributed by atoms with van der Waals surface area (Å²) in [5.74, 6) is 1.63. The average molecular weight is 422 g/mol. The zero-order valence-corrected chi connectivity index (χ0v) is 13.9. The van der Waals surface area contributed by atoms with Crippen molar-refractivity contribution in [2.75, 3.05) is 13.1 Å². The molecular weight excluding hydrogens is 405 g/mol. The first-order valence-corrected chi connectivity index (χ1v) is 6.92. The van der Waals surface area contributed by atoms with Crippen molar-refractivity contribution in [2.45, 2.75) is 24.8 Å². The number of nitrogens with zero attached hydrogens (tertiary/aromatic N) is 1. The molecule has 3 rings (SSSR count). The third-order valence-corrected chi connectivity index (χ3v) is 3.84. The fraction of sp³-hybridized carbons (Fsp3) is 0.462. The summed E-state index contributed by atoms with van der Waals surface area (Å²) in [7, 11) is 0. The predicted octanol–water partition coefficient (Wildman–Crippen LogP) is 2.86. The molecule has 18 heavy (non-hydrogen) atoms. The van der Waals surface area contributed by atoms with Crippen LogP contribution in [0.1, 0.15) is 24.3 Å². The Kier molecular flexibility index (Phi) is 4.89. The fourth-order valence-corrected chi connectivity index (χ4v) is 2.50. The first-order chi connectivity index (χ1) is 8.33. The van der Waals surface area contributed by atoms with Crippen molar-refractivity contribution in [1.29, 1.82) is 0 Å². The molecule has 98 valence electrons. The number of nitrogens with one attached hydrogen (secondary N) is 2. The fourth-order valence-electron chi connectivity index (χ4n) is 2.24. The van der Waals surface area contributed by atoms with Gasteiger partial charge in [0.2, 0.25) is 0 Å². The van der Waals surface area contributed by atoms with Gasteiger partial charge in [0.1, 0.15) is 0 Å². The number of benzene rings is 1. The lowest BCUT2D eigenvalue weighted by Crippen LogP contribution is -2.42. The summed E-state index contributed by atoms with van der Waals surface area (Å²) >= 11 is 3.46. The molecule has 1 aliphatic carbocycles. The summed E-state index contributed by atoms with van der Waals surface area (Å²) in [4.78, 5) is 4.44. The molecule has 1 fully saturated rings. The van der Waals surface area contributed by atoms with Crippen LogP contribution in [0, 0.1) is 0 Å². The van der Waals surface area contributed by atoms with Crippen molar-refractivity contribution in [1.82, 2.24) is 10.6 Å². The third kappa shape index (κ3) is 3.38. The summed E-state index contributed by atoms with van der Waals surface area (Å²) in [6, 6.07) is 9.18. The molecule has 1 heterocycles. The SMILES string of the molecule is Brc1ccc(C2CC2NC2=NCCCN2)cc1.I. The molecule has 1 saturated carbocycles. The normalized spacial score (nSPS) is 25.5. The van der Waals surface area contributed by atoms with Crippen molar-refractivity contribution >= 4 is 45.9 Å². The van der Waals surface area contributed by atoms with Gasteiger partial charge >= 0.3 is 0 Å². The van der Waals surface area contributed by atoms with E-state index in [-0.39, 0.29) is 24.0 Å². The van der Waals surface area contributed by atoms with E-state index in [0.717, 1.165) is 29.9 Å². The van der Waals surface area contributed by atoms with E-state index in [9.17, 15) is 0 Å². The molecule has 0 saturated heterocycles. The summed E-state index contributed by atoms with van der Waals surface area (Å²) in [6.45, 7) is 1.99. The maximum Gasteiger partial charge on any atom is 0.191 e. The molecule has 2 aliphatic rings. The molecule has 5 heteroatoms. The van der Waals surface area contributed by atoms with Crippen LogP contribution in [0.15, 0.2) is 33.7 Å². The molecule has 0 amide bonds. The first kappa shape index (κ1) is 14.1. The van der Waals surface area contributed by atoms with Crippen LogP contribution in [-0.4, -0.2) is 25.1 Å². The standard InChI is InChI=1S/C13H16BrN3.HI/c14-10-4-2-9(3-5-10)11-8-12(11)17-13-15-6-1-7-16-13;/h2-5,11-12H,1,6-8H2,(H2,15,16,17);1H. The van der Waals surface area contributed by atoms with E-state index in [2.05, 4.69) is 55.8 Å². The minimum Gasteiger partial charge on any atom is -0.356 e. The summed E-state index contributed by atoms with van der Waals surface area (Å²) < 4.78 is 1.14. The number of guanidine groups is 1. The van der Waals surface area contributed by atoms with Crippen molar-refractivity contribution < 1.29 is 0 Å². The van der Waals surface area contributed by atoms with E-state index in [1.54, 1.807) is 0 Å². The summed E-state index contributed by atoms with van der Waals surface area (Å²) in [6.07, 6.45) is 2.36. The van der Waals surface area contributed by atoms with Crippen LogP contribution in [0.25, 0.3) is 0 Å². The Labute approximate surface area is 133 Å². The van der Waals surface area contributed by atoms with Gasteiger partial charge in [-0.2, -0.15) is 0 Å². The second-order valence-electron chi connectivity index (χ2n) is 4.66. The van der Waals surface area contributed by atoms with Gasteiger partial charge in [-0.05, 0) is 30.5 Å². The van der Waals surface area contributed by atoms with Gasteiger partial charge in [-0.25, -0.2) is 0 Å². The Bertz CT molecular complexity index is 432. The highest BCUT2D eigenvalue weighted by molar-refractivity contribution is 14.0. The zero-order valence-electron chi connectivity index (χ0n) is 10.0. The highest BCUT2D eigenvalue weighted by atomic mass is 127. The van der Waals surface area contributed by atoms with Crippen molar-refractivity contribution in [3.05, 3.63) is 34.3 Å². The molecule has 0 spiro atoms. The molecule has 1 aromatic carbocycles. The Morgan fingerprint density at radius 3 is 2.72 bits per heavy atom. The minimum absolute atomic E-state index is 0. The lowest BCUT2D eigenvalue weighted by atomic mass is 10.1. The van der Waals surface area contributed by atoms with Gasteiger partial charge < -0.3 is 10.6 Å². The van der Waals surface area contributed by atoms with Crippen LogP contribution < -0.4 is 10.6 Å². The number of hydrogen-bond acceptors (Lipinski definition) is 3. The van der Waals surface area contributed by atoms with Gasteiger partial charge in [0, 0.05) is 29.5 Å². The Morgan fingerprint density at radius 2 is 2.06 bits per heavy atom. The Hall–Kier alpha value is -0.300. The van der Waals surface area contributed by atoms with Crippen LogP contribution in [0.4, 0.5) is 0 Å². The van der Waals surface area contributed by atoms with Gasteiger partial charge in [-0.15, -0.1) is 24.0 Å². The maximum absolute atomic E-state index is 4.44. The molecule has 3 nitrogen and oxygen atoms in total. The van der Waals surface area contributed by atoms with E-state index in [1.807, 2.05) is 0 Å². The van der Waals surface area contributed by atoms with E-state index >= 15 is 0 Å². The van der Waals surface area contributed by atoms with Gasteiger partial charge in [0.25, 0.3) is 0 Å². The molecule has 2 atom stereocenters. The van der Waals surface area contributed by atoms with Crippen LogP contribution in [0.3, 0.4) is 0 Å². The van der Waals surface area contributed by atoms with Crippen molar-refractivity contribution in [2.24, 2.45) is 4.99 Å². The quantitative estimate of drug-likeness (QED) is 0.720. The lowest BCUT2D eigenvalue weighted by molar-refractivity contribution is 0.696. The molecule has 2 N–H and O–H groups in total. The van der Waals surface area contributed by atoms with Gasteiger partial charge in [0.15, 0.2) is 5.96 Å². The topological polar surface area (TPSA) is 36.4 Å². The predicted molar refractivity (Wildman–Crippen MR) is 88.8 cm³/mol. The Morgan fingerprint density at radius 1 is 1.28 bits per heavy atom. The largest absolute Gasteiger partial charge is 0.356 e. The van der Waals surface area contributed by atoms with E-state index in [1.165, 1.54) is 12.0 Å². The van der Waals surface area contributed by atoms with Crippen molar-refractivity contribution in [3.63, 3.8) is 0 Å². The van der Waals surface area contributed by atoms with E-state index < -0.39 is 0 Å². The number of halogens is 2. The van der Waals surface area contributed by atoms with Gasteiger partial charge in [0.05, 0.1) is 0 Å². The monoisotopic (exact) mass is 421 g/mol. The number of aliphatic imine (C=N–C) groups is 1. The number of hydrogen-bond donors (Lipinski definition) is 2. The second kappa shape index (κ2) is 6.23. The van der Waals surface area contributed by atoms with Crippen LogP contribution >= 0.6 is 39.9 Å². The molecule has 0 radical (unpaired) electrons. The summed E-state index contributed by atoms with van der Waals surface area (Å²) in [5.41, 5.74) is 1.42. The first-order valence-electron chi connectivity index (χ1n) is 6.13. The zero-order chi connectivity index (χ0) is 11.7. The van der Waals surface area contributed by atoms with Crippen LogP contribution in [-0.2, 0) is 0 Å². The van der Waals surface area contributed by atoms with Crippen LogP contribution in [0.2, 0.25) is 0 Å². The van der Waals surface area contributed by atoms with Crippen LogP contribution in [0.5, 0.6) is 0 Å². The highest BCUT2D eigenvalue weighted by Gasteiger charge is 2.39. The van der Waals surface area contributed by atoms with E-state index in [4.69, 9.17) is 0 Å². The molecule has 2 unspecified atom stereocenters. The maximum atomic E-state index is 4.44. The summed E-state index contributed by atoms with van der Waals surface area (Å²) in [5, 5.41) is 6.79. The highest BCUT2D eigenvalue weighted by Crippen LogP contribution is 2.40. The Balaban J connectivity index is 0.00000120. The molecule has 0 aromatic heterocycles. The van der Waals surface area contributed by atoms with Crippen molar-refractivity contribution in [3.8, 4) is 0 Å². The molecular formula is C13H17BrIN3. The second-order valence-corrected chi connectivity index (χ2v) is 5.57. The third-order valence-electron chi connectivity index (χ3n) is 3.31. The lowest BCUT2D eigenvalue weighted by Gasteiger charge is -2.16. The molecule has 0 bridgehead atoms. The van der Waals surface area contributed by atoms with E-state index in [0.29, 0.717) is 12.0 Å². The average Bonchev–Trinajstić information content (AvgIpc) is 3.11. The van der Waals surface area contributed by atoms with Gasteiger partial charge in [-0.1, -0.05) is 28.1 Å². The van der Waals surface area contributed by atoms with Gasteiger partial charge in [-0.3, -0.25) is 4.99 Å².